The van der Waals surface area contributed by atoms with Gasteiger partial charge in [-0.1, -0.05) is 54.1 Å². The minimum Gasteiger partial charge on any atom is -0.277 e. The Kier molecular flexibility index (Phi) is 4.55. The molecule has 1 unspecified atom stereocenters. The first-order valence-electron chi connectivity index (χ1n) is 8.67. The molecule has 2 aromatic carbocycles. The summed E-state index contributed by atoms with van der Waals surface area (Å²) in [4.78, 5) is 38.1. The number of urea groups is 1. The van der Waals surface area contributed by atoms with Crippen molar-refractivity contribution in [3.05, 3.63) is 76.2 Å². The molecule has 29 heavy (non-hydrogen) atoms. The number of nitrogens with one attached hydrogen (secondary N) is 2. The van der Waals surface area contributed by atoms with Crippen molar-refractivity contribution in [1.29, 1.82) is 0 Å². The summed E-state index contributed by atoms with van der Waals surface area (Å²) in [7, 11) is -3.76. The highest BCUT2D eigenvalue weighted by Crippen LogP contribution is 2.52. The van der Waals surface area contributed by atoms with E-state index in [1.165, 1.54) is 0 Å². The summed E-state index contributed by atoms with van der Waals surface area (Å²) in [5, 5.41) is 5.66. The highest BCUT2D eigenvalue weighted by atomic mass is 35.5. The van der Waals surface area contributed by atoms with Crippen LogP contribution in [-0.2, 0) is 19.4 Å². The quantitative estimate of drug-likeness (QED) is 0.710. The molecule has 1 spiro atoms. The Morgan fingerprint density at radius 3 is 2.07 bits per heavy atom. The zero-order valence-electron chi connectivity index (χ0n) is 14.9. The third-order valence-corrected chi connectivity index (χ3v) is 6.82. The van der Waals surface area contributed by atoms with Crippen LogP contribution in [-0.4, -0.2) is 32.0 Å². The molecule has 1 fully saturated rings. The van der Waals surface area contributed by atoms with Crippen LogP contribution in [0.3, 0.4) is 0 Å². The number of hydrogen-bond acceptors (Lipinski definition) is 5. The fourth-order valence-corrected chi connectivity index (χ4v) is 5.73. The summed E-state index contributed by atoms with van der Waals surface area (Å²) >= 11 is 5.95. The molecule has 2 aliphatic rings. The van der Waals surface area contributed by atoms with E-state index in [1.807, 2.05) is 0 Å². The van der Waals surface area contributed by atoms with Crippen molar-refractivity contribution in [1.82, 2.24) is 10.6 Å². The lowest BCUT2D eigenvalue weighted by atomic mass is 9.64. The molecular weight excluding hydrogens is 416 g/mol. The molecule has 0 aromatic heterocycles. The van der Waals surface area contributed by atoms with Crippen molar-refractivity contribution in [3.8, 4) is 0 Å². The molecule has 4 amide bonds. The Hall–Kier alpha value is -2.97. The van der Waals surface area contributed by atoms with Gasteiger partial charge >= 0.3 is 6.03 Å². The summed E-state index contributed by atoms with van der Waals surface area (Å²) in [6.45, 7) is 0. The maximum absolute atomic E-state index is 13.2. The van der Waals surface area contributed by atoms with Gasteiger partial charge in [-0.3, -0.25) is 20.2 Å². The van der Waals surface area contributed by atoms with Gasteiger partial charge in [-0.05, 0) is 28.8 Å². The standard InChI is InChI=1S/C20H15ClN2O5S/c21-14-8-6-13(7-9-14)16-11-29(27,28)10-15(12-4-2-1-3-5-12)20(16)17(24)22-19(26)23-18(20)25/h1-10,16H,11H2,(H2,22,23,24,25,26). The van der Waals surface area contributed by atoms with Gasteiger partial charge in [0.15, 0.2) is 15.3 Å². The van der Waals surface area contributed by atoms with Gasteiger partial charge in [-0.25, -0.2) is 13.2 Å². The van der Waals surface area contributed by atoms with E-state index in [4.69, 9.17) is 11.6 Å². The van der Waals surface area contributed by atoms with Crippen molar-refractivity contribution < 1.29 is 22.8 Å². The number of sulfone groups is 1. The largest absolute Gasteiger partial charge is 0.328 e. The number of amides is 4. The van der Waals surface area contributed by atoms with Crippen LogP contribution in [0.2, 0.25) is 5.02 Å². The molecule has 2 N–H and O–H groups in total. The molecule has 1 atom stereocenters. The van der Waals surface area contributed by atoms with Gasteiger partial charge in [0, 0.05) is 16.3 Å². The van der Waals surface area contributed by atoms with Crippen LogP contribution in [0, 0.1) is 5.41 Å². The first-order valence-corrected chi connectivity index (χ1v) is 10.8. The van der Waals surface area contributed by atoms with E-state index < -0.39 is 44.8 Å². The van der Waals surface area contributed by atoms with E-state index in [0.29, 0.717) is 16.1 Å². The lowest BCUT2D eigenvalue weighted by Crippen LogP contribution is -2.66. The van der Waals surface area contributed by atoms with Crippen molar-refractivity contribution in [2.24, 2.45) is 5.41 Å². The van der Waals surface area contributed by atoms with E-state index in [9.17, 15) is 22.8 Å². The Morgan fingerprint density at radius 1 is 0.897 bits per heavy atom. The summed E-state index contributed by atoms with van der Waals surface area (Å²) in [5.41, 5.74) is -1.07. The second kappa shape index (κ2) is 6.82. The summed E-state index contributed by atoms with van der Waals surface area (Å²) in [5.74, 6) is -3.26. The van der Waals surface area contributed by atoms with Gasteiger partial charge in [0.1, 0.15) is 0 Å². The molecule has 2 aliphatic heterocycles. The Balaban J connectivity index is 2.04. The van der Waals surface area contributed by atoms with Gasteiger partial charge < -0.3 is 0 Å². The van der Waals surface area contributed by atoms with E-state index in [2.05, 4.69) is 10.6 Å². The molecule has 9 heteroatoms. The van der Waals surface area contributed by atoms with E-state index in [1.54, 1.807) is 54.6 Å². The van der Waals surface area contributed by atoms with Crippen LogP contribution >= 0.6 is 11.6 Å². The monoisotopic (exact) mass is 430 g/mol. The smallest absolute Gasteiger partial charge is 0.277 e. The zero-order chi connectivity index (χ0) is 20.8. The molecule has 0 saturated carbocycles. The molecule has 2 aromatic rings. The molecule has 4 rings (SSSR count). The number of carbonyl (C=O) groups is 3. The fourth-order valence-electron chi connectivity index (χ4n) is 3.92. The normalized spacial score (nSPS) is 22.6. The first kappa shape index (κ1) is 19.4. The molecule has 0 bridgehead atoms. The molecule has 0 aliphatic carbocycles. The topological polar surface area (TPSA) is 109 Å². The Labute approximate surface area is 171 Å². The highest BCUT2D eigenvalue weighted by Gasteiger charge is 2.61. The average molecular weight is 431 g/mol. The van der Waals surface area contributed by atoms with Crippen LogP contribution in [0.15, 0.2) is 60.0 Å². The van der Waals surface area contributed by atoms with Gasteiger partial charge in [0.05, 0.1) is 5.75 Å². The molecule has 2 heterocycles. The average Bonchev–Trinajstić information content (AvgIpc) is 2.67. The highest BCUT2D eigenvalue weighted by molar-refractivity contribution is 7.94. The van der Waals surface area contributed by atoms with Crippen LogP contribution < -0.4 is 10.6 Å². The van der Waals surface area contributed by atoms with Gasteiger partial charge in [0.25, 0.3) is 0 Å². The lowest BCUT2D eigenvalue weighted by molar-refractivity contribution is -0.141. The van der Waals surface area contributed by atoms with Crippen LogP contribution in [0.1, 0.15) is 17.0 Å². The fraction of sp³-hybridized carbons (Fsp3) is 0.150. The summed E-state index contributed by atoms with van der Waals surface area (Å²) in [6, 6.07) is 13.6. The predicted octanol–water partition coefficient (Wildman–Crippen LogP) is 2.25. The first-order chi connectivity index (χ1) is 13.7. The van der Waals surface area contributed by atoms with Crippen LogP contribution in [0.5, 0.6) is 0 Å². The molecule has 0 radical (unpaired) electrons. The minimum absolute atomic E-state index is 0.0202. The van der Waals surface area contributed by atoms with Crippen LogP contribution in [0.25, 0.3) is 5.57 Å². The van der Waals surface area contributed by atoms with Gasteiger partial charge in [-0.15, -0.1) is 0 Å². The second-order valence-corrected chi connectivity index (χ2v) is 9.21. The summed E-state index contributed by atoms with van der Waals surface area (Å²) in [6.07, 6.45) is 0. The van der Waals surface area contributed by atoms with Crippen LogP contribution in [0.4, 0.5) is 4.79 Å². The van der Waals surface area contributed by atoms with Crippen molar-refractivity contribution in [2.45, 2.75) is 5.92 Å². The molecule has 1 saturated heterocycles. The van der Waals surface area contributed by atoms with Crippen molar-refractivity contribution in [3.63, 3.8) is 0 Å². The summed E-state index contributed by atoms with van der Waals surface area (Å²) < 4.78 is 25.5. The van der Waals surface area contributed by atoms with E-state index in [0.717, 1.165) is 5.41 Å². The van der Waals surface area contributed by atoms with Gasteiger partial charge in [-0.2, -0.15) is 0 Å². The van der Waals surface area contributed by atoms with E-state index in [-0.39, 0.29) is 5.57 Å². The number of carbonyl (C=O) groups excluding carboxylic acids is 3. The van der Waals surface area contributed by atoms with Gasteiger partial charge in [0.2, 0.25) is 11.8 Å². The maximum atomic E-state index is 13.2. The molecule has 148 valence electrons. The zero-order valence-corrected chi connectivity index (χ0v) is 16.5. The Bertz CT molecular complexity index is 1140. The molecular formula is C20H15ClN2O5S. The minimum atomic E-state index is -3.76. The number of imide groups is 2. The number of hydrogen-bond donors (Lipinski definition) is 2. The third kappa shape index (κ3) is 3.14. The number of barbiturate groups is 1. The van der Waals surface area contributed by atoms with Crippen molar-refractivity contribution in [2.75, 3.05) is 5.75 Å². The second-order valence-electron chi connectivity index (χ2n) is 6.88. The number of benzene rings is 2. The maximum Gasteiger partial charge on any atom is 0.328 e. The number of halogens is 1. The molecule has 7 nitrogen and oxygen atoms in total. The third-order valence-electron chi connectivity index (χ3n) is 5.17. The predicted molar refractivity (Wildman–Crippen MR) is 107 cm³/mol. The Morgan fingerprint density at radius 2 is 1.48 bits per heavy atom. The number of rotatable bonds is 2. The SMILES string of the molecule is O=C1NC(=O)C2(C(=O)N1)C(c1ccccc1)=CS(=O)(=O)CC2c1ccc(Cl)cc1. The lowest BCUT2D eigenvalue weighted by Gasteiger charge is -2.44. The van der Waals surface area contributed by atoms with E-state index >= 15 is 0 Å². The van der Waals surface area contributed by atoms with Crippen molar-refractivity contribution >= 4 is 44.9 Å².